The van der Waals surface area contributed by atoms with Crippen molar-refractivity contribution in [2.75, 3.05) is 6.61 Å². The average Bonchev–Trinajstić information content (AvgIpc) is 2.33. The van der Waals surface area contributed by atoms with Gasteiger partial charge in [-0.15, -0.1) is 0 Å². The third kappa shape index (κ3) is 2.82. The molecular weight excluding hydrogens is 136 g/mol. The molecule has 1 saturated carbocycles. The zero-order valence-corrected chi connectivity index (χ0v) is 8.02. The lowest BCUT2D eigenvalue weighted by atomic mass is 9.90. The third-order valence-electron chi connectivity index (χ3n) is 2.58. The van der Waals surface area contributed by atoms with Gasteiger partial charge in [0.15, 0.2) is 0 Å². The molecule has 0 bridgehead atoms. The molecule has 0 amide bonds. The number of hydrogen-bond donors (Lipinski definition) is 0. The summed E-state index contributed by atoms with van der Waals surface area (Å²) >= 11 is 0. The normalized spacial score (nSPS) is 22.9. The summed E-state index contributed by atoms with van der Waals surface area (Å²) in [7, 11) is 0. The summed E-state index contributed by atoms with van der Waals surface area (Å²) in [5.74, 6) is 0. The zero-order valence-electron chi connectivity index (χ0n) is 8.02. The van der Waals surface area contributed by atoms with Gasteiger partial charge in [-0.3, -0.25) is 0 Å². The molecule has 0 aromatic rings. The van der Waals surface area contributed by atoms with Gasteiger partial charge in [0, 0.05) is 0 Å². The van der Waals surface area contributed by atoms with Gasteiger partial charge < -0.3 is 4.74 Å². The number of ether oxygens (including phenoxy) is 1. The van der Waals surface area contributed by atoms with Crippen molar-refractivity contribution < 1.29 is 4.74 Å². The molecule has 0 spiro atoms. The largest absolute Gasteiger partial charge is 0.378 e. The SMILES string of the molecule is CC(C)OCC1(C)CCCC1. The first-order chi connectivity index (χ1) is 5.12. The molecule has 0 aromatic heterocycles. The zero-order chi connectivity index (χ0) is 8.32. The minimum Gasteiger partial charge on any atom is -0.378 e. The third-order valence-corrected chi connectivity index (χ3v) is 2.58. The van der Waals surface area contributed by atoms with Crippen molar-refractivity contribution in [1.82, 2.24) is 0 Å². The maximum atomic E-state index is 5.63. The summed E-state index contributed by atoms with van der Waals surface area (Å²) < 4.78 is 5.63. The van der Waals surface area contributed by atoms with Gasteiger partial charge >= 0.3 is 0 Å². The molecule has 1 aliphatic rings. The van der Waals surface area contributed by atoms with E-state index >= 15 is 0 Å². The molecule has 1 fully saturated rings. The molecule has 1 heteroatoms. The van der Waals surface area contributed by atoms with E-state index in [1.165, 1.54) is 25.7 Å². The van der Waals surface area contributed by atoms with Crippen molar-refractivity contribution in [1.29, 1.82) is 0 Å². The molecule has 1 nitrogen and oxygen atoms in total. The minimum absolute atomic E-state index is 0.396. The van der Waals surface area contributed by atoms with Gasteiger partial charge in [-0.1, -0.05) is 19.8 Å². The van der Waals surface area contributed by atoms with E-state index in [-0.39, 0.29) is 0 Å². The molecule has 1 aliphatic carbocycles. The van der Waals surface area contributed by atoms with Gasteiger partial charge in [0.2, 0.25) is 0 Å². The summed E-state index contributed by atoms with van der Waals surface area (Å²) in [6, 6.07) is 0. The van der Waals surface area contributed by atoms with E-state index in [9.17, 15) is 0 Å². The summed E-state index contributed by atoms with van der Waals surface area (Å²) in [6.07, 6.45) is 5.92. The lowest BCUT2D eigenvalue weighted by molar-refractivity contribution is 0.0169. The Kier molecular flexibility index (Phi) is 2.94. The predicted molar refractivity (Wildman–Crippen MR) is 47.7 cm³/mol. The fourth-order valence-electron chi connectivity index (χ4n) is 1.74. The van der Waals surface area contributed by atoms with Crippen LogP contribution in [0.25, 0.3) is 0 Å². The summed E-state index contributed by atoms with van der Waals surface area (Å²) in [5.41, 5.74) is 0.504. The van der Waals surface area contributed by atoms with Crippen LogP contribution in [0.1, 0.15) is 46.5 Å². The van der Waals surface area contributed by atoms with E-state index in [1.807, 2.05) is 0 Å². The Morgan fingerprint density at radius 2 is 1.82 bits per heavy atom. The lowest BCUT2D eigenvalue weighted by Gasteiger charge is -2.24. The fourth-order valence-corrected chi connectivity index (χ4v) is 1.74. The second-order valence-electron chi connectivity index (χ2n) is 4.38. The highest BCUT2D eigenvalue weighted by atomic mass is 16.5. The highest BCUT2D eigenvalue weighted by Crippen LogP contribution is 2.37. The van der Waals surface area contributed by atoms with Crippen molar-refractivity contribution in [3.8, 4) is 0 Å². The van der Waals surface area contributed by atoms with Crippen LogP contribution in [-0.2, 0) is 4.74 Å². The Morgan fingerprint density at radius 3 is 2.27 bits per heavy atom. The standard InChI is InChI=1S/C10H20O/c1-9(2)11-8-10(3)6-4-5-7-10/h9H,4-8H2,1-3H3. The molecule has 66 valence electrons. The van der Waals surface area contributed by atoms with Crippen LogP contribution in [0.2, 0.25) is 0 Å². The van der Waals surface area contributed by atoms with Crippen molar-refractivity contribution in [2.45, 2.75) is 52.6 Å². The first-order valence-corrected chi connectivity index (χ1v) is 4.74. The second-order valence-corrected chi connectivity index (χ2v) is 4.38. The van der Waals surface area contributed by atoms with Gasteiger partial charge in [0.1, 0.15) is 0 Å². The van der Waals surface area contributed by atoms with Crippen molar-refractivity contribution in [3.63, 3.8) is 0 Å². The molecule has 0 unspecified atom stereocenters. The molecule has 0 saturated heterocycles. The summed E-state index contributed by atoms with van der Waals surface area (Å²) in [5, 5.41) is 0. The minimum atomic E-state index is 0.396. The van der Waals surface area contributed by atoms with Gasteiger partial charge in [-0.2, -0.15) is 0 Å². The maximum absolute atomic E-state index is 5.63. The van der Waals surface area contributed by atoms with Crippen LogP contribution < -0.4 is 0 Å². The Hall–Kier alpha value is -0.0400. The molecule has 0 radical (unpaired) electrons. The Labute approximate surface area is 70.1 Å². The van der Waals surface area contributed by atoms with Crippen LogP contribution in [0, 0.1) is 5.41 Å². The molecule has 11 heavy (non-hydrogen) atoms. The van der Waals surface area contributed by atoms with E-state index in [2.05, 4.69) is 20.8 Å². The Balaban J connectivity index is 2.23. The van der Waals surface area contributed by atoms with Crippen molar-refractivity contribution in [3.05, 3.63) is 0 Å². The van der Waals surface area contributed by atoms with E-state index in [1.54, 1.807) is 0 Å². The second kappa shape index (κ2) is 3.57. The quantitative estimate of drug-likeness (QED) is 0.610. The first kappa shape index (κ1) is 9.05. The molecule has 0 atom stereocenters. The molecule has 1 rings (SSSR count). The van der Waals surface area contributed by atoms with Gasteiger partial charge in [0.25, 0.3) is 0 Å². The maximum Gasteiger partial charge on any atom is 0.0523 e. The van der Waals surface area contributed by atoms with Gasteiger partial charge in [0.05, 0.1) is 12.7 Å². The monoisotopic (exact) mass is 156 g/mol. The van der Waals surface area contributed by atoms with Crippen molar-refractivity contribution in [2.24, 2.45) is 5.41 Å². The highest BCUT2D eigenvalue weighted by molar-refractivity contribution is 4.79. The Morgan fingerprint density at radius 1 is 1.27 bits per heavy atom. The molecular formula is C10H20O. The molecule has 0 aliphatic heterocycles. The average molecular weight is 156 g/mol. The van der Waals surface area contributed by atoms with Crippen LogP contribution in [0.3, 0.4) is 0 Å². The number of rotatable bonds is 3. The van der Waals surface area contributed by atoms with E-state index in [0.29, 0.717) is 11.5 Å². The van der Waals surface area contributed by atoms with E-state index < -0.39 is 0 Å². The van der Waals surface area contributed by atoms with Crippen LogP contribution >= 0.6 is 0 Å². The van der Waals surface area contributed by atoms with E-state index in [4.69, 9.17) is 4.74 Å². The predicted octanol–water partition coefficient (Wildman–Crippen LogP) is 2.99. The van der Waals surface area contributed by atoms with Gasteiger partial charge in [-0.25, -0.2) is 0 Å². The molecule has 0 aromatic carbocycles. The Bertz CT molecular complexity index is 112. The smallest absolute Gasteiger partial charge is 0.0523 e. The van der Waals surface area contributed by atoms with Crippen molar-refractivity contribution >= 4 is 0 Å². The number of hydrogen-bond acceptors (Lipinski definition) is 1. The summed E-state index contributed by atoms with van der Waals surface area (Å²) in [4.78, 5) is 0. The molecule has 0 N–H and O–H groups in total. The highest BCUT2D eigenvalue weighted by Gasteiger charge is 2.28. The topological polar surface area (TPSA) is 9.23 Å². The molecule has 0 heterocycles. The van der Waals surface area contributed by atoms with Crippen LogP contribution in [0.4, 0.5) is 0 Å². The lowest BCUT2D eigenvalue weighted by Crippen LogP contribution is -2.21. The van der Waals surface area contributed by atoms with E-state index in [0.717, 1.165) is 6.61 Å². The van der Waals surface area contributed by atoms with Crippen LogP contribution in [-0.4, -0.2) is 12.7 Å². The fraction of sp³-hybridized carbons (Fsp3) is 1.00. The van der Waals surface area contributed by atoms with Crippen LogP contribution in [0.5, 0.6) is 0 Å². The van der Waals surface area contributed by atoms with Gasteiger partial charge in [-0.05, 0) is 32.1 Å². The van der Waals surface area contributed by atoms with Crippen LogP contribution in [0.15, 0.2) is 0 Å². The summed E-state index contributed by atoms with van der Waals surface area (Å²) in [6.45, 7) is 7.53. The first-order valence-electron chi connectivity index (χ1n) is 4.74.